The van der Waals surface area contributed by atoms with E-state index in [4.69, 9.17) is 9.47 Å². The van der Waals surface area contributed by atoms with Gasteiger partial charge in [-0.2, -0.15) is 5.10 Å². The number of carbonyl (C=O) groups is 3. The van der Waals surface area contributed by atoms with Gasteiger partial charge in [-0.05, 0) is 24.3 Å². The Hall–Kier alpha value is -4.79. The van der Waals surface area contributed by atoms with Gasteiger partial charge in [0.1, 0.15) is 17.0 Å². The first kappa shape index (κ1) is 22.4. The van der Waals surface area contributed by atoms with Crippen LogP contribution >= 0.6 is 0 Å². The molecule has 0 saturated carbocycles. The lowest BCUT2D eigenvalue weighted by molar-refractivity contribution is 0.0549. The average molecular weight is 457 g/mol. The molecule has 9 nitrogen and oxygen atoms in total. The molecule has 0 saturated heterocycles. The second kappa shape index (κ2) is 9.37. The van der Waals surface area contributed by atoms with Crippen molar-refractivity contribution in [3.63, 3.8) is 0 Å². The number of hydrogen-bond acceptors (Lipinski definition) is 7. The molecule has 2 heterocycles. The number of ether oxygens (including phenoxy) is 2. The van der Waals surface area contributed by atoms with Crippen LogP contribution in [-0.4, -0.2) is 52.0 Å². The Morgan fingerprint density at radius 2 is 1.44 bits per heavy atom. The predicted molar refractivity (Wildman–Crippen MR) is 122 cm³/mol. The molecule has 0 atom stereocenters. The van der Waals surface area contributed by atoms with E-state index in [1.807, 2.05) is 6.07 Å². The van der Waals surface area contributed by atoms with Gasteiger partial charge in [-0.1, -0.05) is 48.5 Å². The van der Waals surface area contributed by atoms with E-state index in [1.54, 1.807) is 60.7 Å². The van der Waals surface area contributed by atoms with Gasteiger partial charge in [0, 0.05) is 11.1 Å². The van der Waals surface area contributed by atoms with Crippen molar-refractivity contribution in [3.8, 4) is 28.2 Å². The molecule has 2 aromatic carbocycles. The monoisotopic (exact) mass is 457 g/mol. The molecule has 0 spiro atoms. The van der Waals surface area contributed by atoms with Gasteiger partial charge in [0.25, 0.3) is 0 Å². The van der Waals surface area contributed by atoms with Crippen LogP contribution in [0.2, 0.25) is 0 Å². The summed E-state index contributed by atoms with van der Waals surface area (Å²) in [5, 5.41) is 13.7. The first-order valence-corrected chi connectivity index (χ1v) is 10.1. The quantitative estimate of drug-likeness (QED) is 0.433. The van der Waals surface area contributed by atoms with Crippen LogP contribution in [-0.2, 0) is 9.47 Å². The minimum Gasteiger partial charge on any atom is -0.477 e. The standard InChI is InChI=1S/C25H19N3O6/c1-33-24(31)20-21(27-28(22(20)25(32)34-2)17-7-4-3-5-8-17)16-13-11-15(12-14-16)18-9-6-10-19(26-18)23(29)30/h3-14H,1-2H3,(H,29,30). The van der Waals surface area contributed by atoms with Gasteiger partial charge in [-0.3, -0.25) is 0 Å². The summed E-state index contributed by atoms with van der Waals surface area (Å²) in [5.74, 6) is -2.60. The molecule has 170 valence electrons. The number of para-hydroxylation sites is 1. The number of methoxy groups -OCH3 is 2. The molecule has 0 aliphatic rings. The van der Waals surface area contributed by atoms with E-state index in [0.717, 1.165) is 0 Å². The summed E-state index contributed by atoms with van der Waals surface area (Å²) in [6.07, 6.45) is 0. The highest BCUT2D eigenvalue weighted by atomic mass is 16.5. The molecule has 34 heavy (non-hydrogen) atoms. The normalized spacial score (nSPS) is 10.5. The maximum absolute atomic E-state index is 12.7. The Morgan fingerprint density at radius 1 is 0.794 bits per heavy atom. The van der Waals surface area contributed by atoms with Crippen LogP contribution in [0.5, 0.6) is 0 Å². The highest BCUT2D eigenvalue weighted by Crippen LogP contribution is 2.30. The van der Waals surface area contributed by atoms with E-state index in [0.29, 0.717) is 22.5 Å². The number of rotatable bonds is 6. The summed E-state index contributed by atoms with van der Waals surface area (Å²) in [6.45, 7) is 0. The first-order valence-electron chi connectivity index (χ1n) is 10.1. The van der Waals surface area contributed by atoms with Crippen LogP contribution in [0.1, 0.15) is 31.3 Å². The molecule has 0 amide bonds. The van der Waals surface area contributed by atoms with Crippen LogP contribution in [0.3, 0.4) is 0 Å². The lowest BCUT2D eigenvalue weighted by Crippen LogP contribution is -2.15. The van der Waals surface area contributed by atoms with Gasteiger partial charge in [-0.15, -0.1) is 0 Å². The van der Waals surface area contributed by atoms with Gasteiger partial charge in [0.05, 0.1) is 25.6 Å². The smallest absolute Gasteiger partial charge is 0.357 e. The number of carboxylic acid groups (broad SMARTS) is 1. The summed E-state index contributed by atoms with van der Waals surface area (Å²) < 4.78 is 11.2. The SMILES string of the molecule is COC(=O)c1c(-c2ccc(-c3cccc(C(=O)O)n3)cc2)nn(-c2ccccc2)c1C(=O)OC. The zero-order valence-electron chi connectivity index (χ0n) is 18.3. The number of pyridine rings is 1. The molecular weight excluding hydrogens is 438 g/mol. The minimum absolute atomic E-state index is 0.0306. The Kier molecular flexibility index (Phi) is 6.18. The number of carbonyl (C=O) groups excluding carboxylic acids is 2. The minimum atomic E-state index is -1.12. The third-order valence-corrected chi connectivity index (χ3v) is 5.08. The van der Waals surface area contributed by atoms with Gasteiger partial charge in [0.15, 0.2) is 5.69 Å². The van der Waals surface area contributed by atoms with Gasteiger partial charge < -0.3 is 14.6 Å². The van der Waals surface area contributed by atoms with E-state index in [1.165, 1.54) is 25.0 Å². The molecule has 0 bridgehead atoms. The summed E-state index contributed by atoms with van der Waals surface area (Å²) in [7, 11) is 2.44. The van der Waals surface area contributed by atoms with Crippen LogP contribution in [0, 0.1) is 0 Å². The second-order valence-electron chi connectivity index (χ2n) is 7.09. The van der Waals surface area contributed by atoms with E-state index >= 15 is 0 Å². The van der Waals surface area contributed by atoms with E-state index < -0.39 is 17.9 Å². The molecule has 4 aromatic rings. The number of benzene rings is 2. The van der Waals surface area contributed by atoms with Crippen LogP contribution in [0.4, 0.5) is 0 Å². The molecule has 4 rings (SSSR count). The molecule has 0 unspecified atom stereocenters. The molecule has 0 aliphatic heterocycles. The number of esters is 2. The summed E-state index contributed by atoms with van der Waals surface area (Å²) in [5.41, 5.74) is 2.32. The highest BCUT2D eigenvalue weighted by Gasteiger charge is 2.31. The van der Waals surface area contributed by atoms with Gasteiger partial charge in [0.2, 0.25) is 0 Å². The number of carboxylic acids is 1. The fraction of sp³-hybridized carbons (Fsp3) is 0.0800. The average Bonchev–Trinajstić information content (AvgIpc) is 3.29. The van der Waals surface area contributed by atoms with E-state index in [2.05, 4.69) is 10.1 Å². The van der Waals surface area contributed by atoms with Gasteiger partial charge in [-0.25, -0.2) is 24.0 Å². The number of aromatic carboxylic acids is 1. The van der Waals surface area contributed by atoms with Crippen molar-refractivity contribution in [1.29, 1.82) is 0 Å². The maximum atomic E-state index is 12.7. The lowest BCUT2D eigenvalue weighted by Gasteiger charge is -2.07. The van der Waals surface area contributed by atoms with Crippen molar-refractivity contribution in [2.24, 2.45) is 0 Å². The molecule has 0 radical (unpaired) electrons. The third kappa shape index (κ3) is 4.14. The first-order chi connectivity index (χ1) is 16.4. The van der Waals surface area contributed by atoms with Crippen molar-refractivity contribution in [2.45, 2.75) is 0 Å². The summed E-state index contributed by atoms with van der Waals surface area (Å²) in [4.78, 5) is 40.8. The van der Waals surface area contributed by atoms with Gasteiger partial charge >= 0.3 is 17.9 Å². The van der Waals surface area contributed by atoms with Crippen LogP contribution < -0.4 is 0 Å². The second-order valence-corrected chi connectivity index (χ2v) is 7.09. The van der Waals surface area contributed by atoms with Crippen LogP contribution in [0.25, 0.3) is 28.2 Å². The van der Waals surface area contributed by atoms with Crippen LogP contribution in [0.15, 0.2) is 72.8 Å². The molecule has 1 N–H and O–H groups in total. The van der Waals surface area contributed by atoms with Crippen molar-refractivity contribution >= 4 is 17.9 Å². The third-order valence-electron chi connectivity index (χ3n) is 5.08. The number of hydrogen-bond donors (Lipinski definition) is 1. The Bertz CT molecular complexity index is 1380. The number of aromatic nitrogens is 3. The van der Waals surface area contributed by atoms with Crippen molar-refractivity contribution in [2.75, 3.05) is 14.2 Å². The fourth-order valence-electron chi connectivity index (χ4n) is 3.47. The Morgan fingerprint density at radius 3 is 2.06 bits per heavy atom. The van der Waals surface area contributed by atoms with Crippen molar-refractivity contribution in [3.05, 3.63) is 89.7 Å². The molecule has 9 heteroatoms. The Balaban J connectivity index is 1.86. The molecular formula is C25H19N3O6. The Labute approximate surface area is 194 Å². The lowest BCUT2D eigenvalue weighted by atomic mass is 10.0. The molecule has 0 fully saturated rings. The van der Waals surface area contributed by atoms with E-state index in [-0.39, 0.29) is 22.6 Å². The molecule has 2 aromatic heterocycles. The summed E-state index contributed by atoms with van der Waals surface area (Å²) in [6, 6.07) is 20.4. The largest absolute Gasteiger partial charge is 0.477 e. The van der Waals surface area contributed by atoms with E-state index in [9.17, 15) is 19.5 Å². The van der Waals surface area contributed by atoms with Crippen molar-refractivity contribution in [1.82, 2.24) is 14.8 Å². The van der Waals surface area contributed by atoms with Crippen molar-refractivity contribution < 1.29 is 29.0 Å². The highest BCUT2D eigenvalue weighted by molar-refractivity contribution is 6.06. The zero-order chi connectivity index (χ0) is 24.2. The molecule has 0 aliphatic carbocycles. The zero-order valence-corrected chi connectivity index (χ0v) is 18.3. The number of nitrogens with zero attached hydrogens (tertiary/aromatic N) is 3. The summed E-state index contributed by atoms with van der Waals surface area (Å²) >= 11 is 0. The predicted octanol–water partition coefficient (Wildman–Crippen LogP) is 3.87. The topological polar surface area (TPSA) is 121 Å². The fourth-order valence-corrected chi connectivity index (χ4v) is 3.47. The maximum Gasteiger partial charge on any atom is 0.357 e.